The first kappa shape index (κ1) is 13.6. The molecule has 2 atom stereocenters. The number of aromatic amines is 2. The van der Waals surface area contributed by atoms with Crippen LogP contribution in [0.2, 0.25) is 0 Å². The zero-order chi connectivity index (χ0) is 14.8. The Bertz CT molecular complexity index is 788. The topological polar surface area (TPSA) is 60.7 Å². The molecule has 108 valence electrons. The molecule has 0 saturated heterocycles. The van der Waals surface area contributed by atoms with E-state index in [1.54, 1.807) is 0 Å². The van der Waals surface area contributed by atoms with E-state index in [1.807, 2.05) is 24.3 Å². The molecule has 4 nitrogen and oxygen atoms in total. The Hall–Kier alpha value is -2.33. The van der Waals surface area contributed by atoms with Crippen LogP contribution in [0.15, 0.2) is 53.3 Å². The molecule has 3 aromatic rings. The third-order valence-corrected chi connectivity index (χ3v) is 3.84. The normalized spacial score (nSPS) is 14.2. The minimum Gasteiger partial charge on any atom is -0.306 e. The second kappa shape index (κ2) is 5.58. The summed E-state index contributed by atoms with van der Waals surface area (Å²) in [5, 5.41) is 3.58. The molecule has 0 amide bonds. The van der Waals surface area contributed by atoms with Gasteiger partial charge >= 0.3 is 5.69 Å². The Morgan fingerprint density at radius 1 is 0.857 bits per heavy atom. The van der Waals surface area contributed by atoms with Crippen LogP contribution < -0.4 is 11.0 Å². The standard InChI is InChI=1S/C17H19N3O/c1-11(13-6-4-3-5-7-13)18-12(2)14-8-9-15-16(10-14)20-17(21)19-15/h3-12,18H,1-2H3,(H2,19,20,21)/t11-,12?/m1/s1. The lowest BCUT2D eigenvalue weighted by molar-refractivity contribution is 0.495. The molecule has 0 aliphatic heterocycles. The van der Waals surface area contributed by atoms with Crippen LogP contribution in [0.1, 0.15) is 37.1 Å². The van der Waals surface area contributed by atoms with Gasteiger partial charge in [-0.1, -0.05) is 36.4 Å². The van der Waals surface area contributed by atoms with Gasteiger partial charge in [0.15, 0.2) is 0 Å². The molecule has 3 N–H and O–H groups in total. The number of imidazole rings is 1. The lowest BCUT2D eigenvalue weighted by Gasteiger charge is -2.20. The van der Waals surface area contributed by atoms with Crippen LogP contribution >= 0.6 is 0 Å². The van der Waals surface area contributed by atoms with E-state index in [9.17, 15) is 4.79 Å². The first-order valence-electron chi connectivity index (χ1n) is 7.16. The van der Waals surface area contributed by atoms with Crippen molar-refractivity contribution < 1.29 is 0 Å². The molecule has 0 saturated carbocycles. The summed E-state index contributed by atoms with van der Waals surface area (Å²) in [6.07, 6.45) is 0. The summed E-state index contributed by atoms with van der Waals surface area (Å²) in [6.45, 7) is 4.29. The Kier molecular flexibility index (Phi) is 3.62. The largest absolute Gasteiger partial charge is 0.323 e. The van der Waals surface area contributed by atoms with Crippen molar-refractivity contribution in [2.24, 2.45) is 0 Å². The van der Waals surface area contributed by atoms with Gasteiger partial charge in [-0.2, -0.15) is 0 Å². The number of rotatable bonds is 4. The first-order valence-corrected chi connectivity index (χ1v) is 7.16. The van der Waals surface area contributed by atoms with Crippen LogP contribution in [-0.2, 0) is 0 Å². The van der Waals surface area contributed by atoms with Crippen LogP contribution in [0.4, 0.5) is 0 Å². The van der Waals surface area contributed by atoms with Gasteiger partial charge in [0.1, 0.15) is 0 Å². The second-order valence-corrected chi connectivity index (χ2v) is 5.40. The maximum atomic E-state index is 11.3. The van der Waals surface area contributed by atoms with Crippen LogP contribution in [-0.4, -0.2) is 9.97 Å². The monoisotopic (exact) mass is 281 g/mol. The van der Waals surface area contributed by atoms with Gasteiger partial charge < -0.3 is 15.3 Å². The van der Waals surface area contributed by atoms with Gasteiger partial charge in [-0.25, -0.2) is 4.79 Å². The van der Waals surface area contributed by atoms with Gasteiger partial charge in [0.2, 0.25) is 0 Å². The van der Waals surface area contributed by atoms with Crippen LogP contribution in [0.25, 0.3) is 11.0 Å². The zero-order valence-corrected chi connectivity index (χ0v) is 12.2. The minimum atomic E-state index is -0.166. The summed E-state index contributed by atoms with van der Waals surface area (Å²) in [5.41, 5.74) is 3.94. The van der Waals surface area contributed by atoms with E-state index in [2.05, 4.69) is 53.4 Å². The number of hydrogen-bond donors (Lipinski definition) is 3. The van der Waals surface area contributed by atoms with Crippen molar-refractivity contribution in [3.8, 4) is 0 Å². The van der Waals surface area contributed by atoms with Crippen molar-refractivity contribution in [1.29, 1.82) is 0 Å². The smallest absolute Gasteiger partial charge is 0.306 e. The summed E-state index contributed by atoms with van der Waals surface area (Å²) < 4.78 is 0. The maximum absolute atomic E-state index is 11.3. The summed E-state index contributed by atoms with van der Waals surface area (Å²) in [5.74, 6) is 0. The fourth-order valence-corrected chi connectivity index (χ4v) is 2.63. The molecule has 1 aromatic heterocycles. The van der Waals surface area contributed by atoms with Crippen LogP contribution in [0.5, 0.6) is 0 Å². The minimum absolute atomic E-state index is 0.166. The predicted molar refractivity (Wildman–Crippen MR) is 85.3 cm³/mol. The molecule has 0 radical (unpaired) electrons. The molecule has 0 fully saturated rings. The highest BCUT2D eigenvalue weighted by molar-refractivity contribution is 5.75. The summed E-state index contributed by atoms with van der Waals surface area (Å²) in [7, 11) is 0. The van der Waals surface area contributed by atoms with E-state index < -0.39 is 0 Å². The average Bonchev–Trinajstić information content (AvgIpc) is 2.87. The summed E-state index contributed by atoms with van der Waals surface area (Å²) >= 11 is 0. The van der Waals surface area contributed by atoms with Gasteiger partial charge in [0.25, 0.3) is 0 Å². The average molecular weight is 281 g/mol. The molecule has 4 heteroatoms. The highest BCUT2D eigenvalue weighted by atomic mass is 16.1. The first-order chi connectivity index (χ1) is 10.1. The zero-order valence-electron chi connectivity index (χ0n) is 12.2. The Balaban J connectivity index is 1.80. The second-order valence-electron chi connectivity index (χ2n) is 5.40. The fourth-order valence-electron chi connectivity index (χ4n) is 2.63. The molecule has 21 heavy (non-hydrogen) atoms. The van der Waals surface area contributed by atoms with Crippen molar-refractivity contribution in [2.45, 2.75) is 25.9 Å². The molecule has 0 aliphatic carbocycles. The summed E-state index contributed by atoms with van der Waals surface area (Å²) in [4.78, 5) is 16.9. The molecule has 1 heterocycles. The Morgan fingerprint density at radius 3 is 2.29 bits per heavy atom. The number of hydrogen-bond acceptors (Lipinski definition) is 2. The highest BCUT2D eigenvalue weighted by Gasteiger charge is 2.11. The fraction of sp³-hybridized carbons (Fsp3) is 0.235. The quantitative estimate of drug-likeness (QED) is 0.687. The molecular formula is C17H19N3O. The molecule has 0 aliphatic rings. The molecule has 1 unspecified atom stereocenters. The molecule has 2 aromatic carbocycles. The Morgan fingerprint density at radius 2 is 1.52 bits per heavy atom. The van der Waals surface area contributed by atoms with Crippen molar-refractivity contribution in [2.75, 3.05) is 0 Å². The van der Waals surface area contributed by atoms with Crippen molar-refractivity contribution in [3.63, 3.8) is 0 Å². The lowest BCUT2D eigenvalue weighted by atomic mass is 10.0. The van der Waals surface area contributed by atoms with Crippen LogP contribution in [0, 0.1) is 0 Å². The van der Waals surface area contributed by atoms with Crippen molar-refractivity contribution in [3.05, 3.63) is 70.1 Å². The Labute approximate surface area is 123 Å². The van der Waals surface area contributed by atoms with Gasteiger partial charge in [-0.05, 0) is 37.1 Å². The van der Waals surface area contributed by atoms with Crippen molar-refractivity contribution in [1.82, 2.24) is 15.3 Å². The highest BCUT2D eigenvalue weighted by Crippen LogP contribution is 2.21. The third kappa shape index (κ3) is 2.90. The maximum Gasteiger partial charge on any atom is 0.323 e. The van der Waals surface area contributed by atoms with Crippen LogP contribution in [0.3, 0.4) is 0 Å². The van der Waals surface area contributed by atoms with Gasteiger partial charge in [-0.3, -0.25) is 0 Å². The van der Waals surface area contributed by atoms with Gasteiger partial charge in [-0.15, -0.1) is 0 Å². The number of H-pyrrole nitrogens is 2. The van der Waals surface area contributed by atoms with E-state index in [-0.39, 0.29) is 17.8 Å². The molecular weight excluding hydrogens is 262 g/mol. The van der Waals surface area contributed by atoms with Crippen molar-refractivity contribution >= 4 is 11.0 Å². The number of fused-ring (bicyclic) bond motifs is 1. The number of aromatic nitrogens is 2. The van der Waals surface area contributed by atoms with Gasteiger partial charge in [0, 0.05) is 12.1 Å². The molecule has 0 spiro atoms. The third-order valence-electron chi connectivity index (χ3n) is 3.84. The molecule has 0 bridgehead atoms. The predicted octanol–water partition coefficient (Wildman–Crippen LogP) is 3.27. The molecule has 3 rings (SSSR count). The lowest BCUT2D eigenvalue weighted by Crippen LogP contribution is -2.22. The number of nitrogens with one attached hydrogen (secondary N) is 3. The summed E-state index contributed by atoms with van der Waals surface area (Å²) in [6, 6.07) is 16.8. The van der Waals surface area contributed by atoms with E-state index in [1.165, 1.54) is 5.56 Å². The van der Waals surface area contributed by atoms with E-state index >= 15 is 0 Å². The van der Waals surface area contributed by atoms with E-state index in [0.29, 0.717) is 0 Å². The van der Waals surface area contributed by atoms with E-state index in [0.717, 1.165) is 16.6 Å². The van der Waals surface area contributed by atoms with E-state index in [4.69, 9.17) is 0 Å². The SMILES string of the molecule is CC(N[C@H](C)c1ccccc1)c1ccc2[nH]c(=O)[nH]c2c1. The number of benzene rings is 2. The van der Waals surface area contributed by atoms with Gasteiger partial charge in [0.05, 0.1) is 11.0 Å².